The fourth-order valence-electron chi connectivity index (χ4n) is 2.18. The van der Waals surface area contributed by atoms with Crippen molar-refractivity contribution in [3.8, 4) is 11.1 Å². The van der Waals surface area contributed by atoms with Crippen LogP contribution in [-0.4, -0.2) is 15.8 Å². The first-order valence-electron chi connectivity index (χ1n) is 7.22. The molecule has 0 amide bonds. The Morgan fingerprint density at radius 3 is 2.56 bits per heavy atom. The molecule has 0 fully saturated rings. The molecule has 25 heavy (non-hydrogen) atoms. The molecule has 3 aromatic rings. The molecule has 0 saturated carbocycles. The van der Waals surface area contributed by atoms with E-state index >= 15 is 0 Å². The van der Waals surface area contributed by atoms with E-state index in [1.165, 1.54) is 12.4 Å². The number of hydrazine groups is 1. The number of benzene rings is 2. The Balaban J connectivity index is 0.000000277. The molecule has 0 unspecified atom stereocenters. The molecule has 2 aromatic carbocycles. The van der Waals surface area contributed by atoms with E-state index in [1.807, 2.05) is 42.5 Å². The predicted octanol–water partition coefficient (Wildman–Crippen LogP) is 2.44. The number of halogens is 1. The van der Waals surface area contributed by atoms with Crippen LogP contribution in [0.25, 0.3) is 22.0 Å². The average Bonchev–Trinajstić information content (AvgIpc) is 2.63. The van der Waals surface area contributed by atoms with Gasteiger partial charge in [0.25, 0.3) is 0 Å². The molecular formula is C17H18ClN7. The fourth-order valence-corrected chi connectivity index (χ4v) is 2.37. The number of anilines is 1. The highest BCUT2D eigenvalue weighted by Gasteiger charge is 2.08. The van der Waals surface area contributed by atoms with Gasteiger partial charge in [-0.05, 0) is 35.4 Å². The molecule has 0 radical (unpaired) electrons. The van der Waals surface area contributed by atoms with Crippen LogP contribution in [0.15, 0.2) is 66.5 Å². The van der Waals surface area contributed by atoms with Crippen molar-refractivity contribution in [2.75, 3.05) is 5.73 Å². The average molecular weight is 356 g/mol. The summed E-state index contributed by atoms with van der Waals surface area (Å²) in [6.45, 7) is 3.35. The highest BCUT2D eigenvalue weighted by atomic mass is 35.5. The molecule has 128 valence electrons. The van der Waals surface area contributed by atoms with Crippen LogP contribution >= 0.6 is 11.6 Å². The third-order valence-corrected chi connectivity index (χ3v) is 3.54. The molecule has 0 aliphatic carbocycles. The minimum atomic E-state index is 0.375. The molecule has 0 aliphatic heterocycles. The quantitative estimate of drug-likeness (QED) is 0.242. The number of hydrogen-bond donors (Lipinski definition) is 4. The SMILES string of the molecule is C=C/C(=N/N)NN.Nc1ncnc2cccc(-c3cccc(Cl)c3)c12. The largest absolute Gasteiger partial charge is 0.383 e. The lowest BCUT2D eigenvalue weighted by Gasteiger charge is -2.08. The normalized spacial score (nSPS) is 10.7. The number of nitrogens with zero attached hydrogens (tertiary/aromatic N) is 3. The highest BCUT2D eigenvalue weighted by molar-refractivity contribution is 6.31. The molecule has 1 heterocycles. The van der Waals surface area contributed by atoms with Crippen molar-refractivity contribution in [1.29, 1.82) is 0 Å². The molecule has 7 nitrogen and oxygen atoms in total. The number of nitrogens with two attached hydrogens (primary N) is 3. The Morgan fingerprint density at radius 2 is 1.96 bits per heavy atom. The van der Waals surface area contributed by atoms with E-state index in [1.54, 1.807) is 0 Å². The summed E-state index contributed by atoms with van der Waals surface area (Å²) in [7, 11) is 0. The van der Waals surface area contributed by atoms with Gasteiger partial charge in [-0.2, -0.15) is 5.10 Å². The van der Waals surface area contributed by atoms with E-state index < -0.39 is 0 Å². The standard InChI is InChI=1S/C14H10ClN3.C3H8N4/c15-10-4-1-3-9(7-10)11-5-2-6-12-13(11)14(16)18-8-17-12;1-2-3(6-4)7-5/h1-8H,(H2,16,17,18);2H,1,4-5H2,(H,6,7). The topological polar surface area (TPSA) is 128 Å². The molecule has 3 rings (SSSR count). The first-order chi connectivity index (χ1) is 12.1. The number of amidine groups is 1. The number of fused-ring (bicyclic) bond motifs is 1. The zero-order valence-electron chi connectivity index (χ0n) is 13.4. The molecule has 7 N–H and O–H groups in total. The minimum absolute atomic E-state index is 0.375. The second kappa shape index (κ2) is 8.62. The van der Waals surface area contributed by atoms with Crippen molar-refractivity contribution in [3.05, 3.63) is 66.5 Å². The Labute approximate surface area is 150 Å². The van der Waals surface area contributed by atoms with Gasteiger partial charge in [-0.1, -0.05) is 42.4 Å². The fraction of sp³-hybridized carbons (Fsp3) is 0. The number of nitrogen functional groups attached to an aromatic ring is 1. The minimum Gasteiger partial charge on any atom is -0.383 e. The van der Waals surface area contributed by atoms with Crippen molar-refractivity contribution in [2.45, 2.75) is 0 Å². The number of nitrogens with one attached hydrogen (secondary N) is 1. The monoisotopic (exact) mass is 355 g/mol. The van der Waals surface area contributed by atoms with Crippen LogP contribution in [-0.2, 0) is 0 Å². The lowest BCUT2D eigenvalue weighted by molar-refractivity contribution is 1.01. The second-order valence-corrected chi connectivity index (χ2v) is 5.27. The molecular weight excluding hydrogens is 338 g/mol. The van der Waals surface area contributed by atoms with Crippen LogP contribution in [0.5, 0.6) is 0 Å². The van der Waals surface area contributed by atoms with Gasteiger partial charge in [0.15, 0.2) is 5.84 Å². The molecule has 8 heteroatoms. The van der Waals surface area contributed by atoms with Crippen molar-refractivity contribution >= 4 is 34.2 Å². The van der Waals surface area contributed by atoms with Crippen LogP contribution in [0, 0.1) is 0 Å². The Morgan fingerprint density at radius 1 is 1.20 bits per heavy atom. The summed E-state index contributed by atoms with van der Waals surface area (Å²) in [4.78, 5) is 8.28. The van der Waals surface area contributed by atoms with Crippen molar-refractivity contribution < 1.29 is 0 Å². The molecule has 0 aliphatic rings. The van der Waals surface area contributed by atoms with E-state index in [9.17, 15) is 0 Å². The highest BCUT2D eigenvalue weighted by Crippen LogP contribution is 2.31. The number of aromatic nitrogens is 2. The van der Waals surface area contributed by atoms with Gasteiger partial charge in [0.1, 0.15) is 12.1 Å². The van der Waals surface area contributed by atoms with Crippen LogP contribution in [0.2, 0.25) is 5.02 Å². The third-order valence-electron chi connectivity index (χ3n) is 3.31. The summed E-state index contributed by atoms with van der Waals surface area (Å²) in [6, 6.07) is 13.5. The maximum Gasteiger partial charge on any atom is 0.158 e. The lowest BCUT2D eigenvalue weighted by Crippen LogP contribution is -2.29. The van der Waals surface area contributed by atoms with Crippen LogP contribution in [0.3, 0.4) is 0 Å². The Bertz CT molecular complexity index is 903. The van der Waals surface area contributed by atoms with Gasteiger partial charge in [0, 0.05) is 5.02 Å². The van der Waals surface area contributed by atoms with Gasteiger partial charge < -0.3 is 17.0 Å². The summed E-state index contributed by atoms with van der Waals surface area (Å²) in [6.07, 6.45) is 2.89. The number of hydrogen-bond acceptors (Lipinski definition) is 6. The van der Waals surface area contributed by atoms with Crippen LogP contribution in [0.4, 0.5) is 5.82 Å². The number of hydrazone groups is 1. The third kappa shape index (κ3) is 4.43. The summed E-state index contributed by atoms with van der Waals surface area (Å²) in [5.41, 5.74) is 11.0. The molecule has 0 bridgehead atoms. The molecule has 1 aromatic heterocycles. The molecule has 0 atom stereocenters. The van der Waals surface area contributed by atoms with Crippen LogP contribution < -0.4 is 22.8 Å². The van der Waals surface area contributed by atoms with Gasteiger partial charge in [0.2, 0.25) is 0 Å². The van der Waals surface area contributed by atoms with E-state index in [4.69, 9.17) is 29.0 Å². The maximum absolute atomic E-state index is 6.02. The first kappa shape index (κ1) is 18.2. The number of rotatable bonds is 2. The zero-order chi connectivity index (χ0) is 18.2. The Kier molecular flexibility index (Phi) is 6.27. The lowest BCUT2D eigenvalue weighted by atomic mass is 10.0. The van der Waals surface area contributed by atoms with Gasteiger partial charge in [-0.15, -0.1) is 0 Å². The van der Waals surface area contributed by atoms with E-state index in [2.05, 4.69) is 27.1 Å². The second-order valence-electron chi connectivity index (χ2n) is 4.83. The van der Waals surface area contributed by atoms with Crippen molar-refractivity contribution in [1.82, 2.24) is 15.4 Å². The van der Waals surface area contributed by atoms with E-state index in [0.29, 0.717) is 16.7 Å². The summed E-state index contributed by atoms with van der Waals surface area (Å²) in [5.74, 6) is 10.5. The maximum atomic E-state index is 6.02. The summed E-state index contributed by atoms with van der Waals surface area (Å²) < 4.78 is 0. The van der Waals surface area contributed by atoms with E-state index in [0.717, 1.165) is 22.0 Å². The summed E-state index contributed by atoms with van der Waals surface area (Å²) >= 11 is 6.02. The van der Waals surface area contributed by atoms with Gasteiger partial charge >= 0.3 is 0 Å². The predicted molar refractivity (Wildman–Crippen MR) is 104 cm³/mol. The van der Waals surface area contributed by atoms with Gasteiger partial charge in [-0.3, -0.25) is 0 Å². The van der Waals surface area contributed by atoms with Gasteiger partial charge in [0.05, 0.1) is 10.9 Å². The first-order valence-corrected chi connectivity index (χ1v) is 7.60. The molecule has 0 saturated heterocycles. The van der Waals surface area contributed by atoms with Crippen LogP contribution in [0.1, 0.15) is 0 Å². The van der Waals surface area contributed by atoms with Gasteiger partial charge in [-0.25, -0.2) is 15.8 Å². The smallest absolute Gasteiger partial charge is 0.158 e. The summed E-state index contributed by atoms with van der Waals surface area (Å²) in [5, 5.41) is 4.75. The van der Waals surface area contributed by atoms with Crippen molar-refractivity contribution in [2.24, 2.45) is 16.8 Å². The Hall–Kier alpha value is -3.16. The zero-order valence-corrected chi connectivity index (χ0v) is 14.1. The van der Waals surface area contributed by atoms with E-state index in [-0.39, 0.29) is 0 Å². The molecule has 0 spiro atoms. The van der Waals surface area contributed by atoms with Crippen molar-refractivity contribution in [3.63, 3.8) is 0 Å².